The summed E-state index contributed by atoms with van der Waals surface area (Å²) in [6.45, 7) is 1.22. The van der Waals surface area contributed by atoms with Crippen LogP contribution in [-0.2, 0) is 6.54 Å². The summed E-state index contributed by atoms with van der Waals surface area (Å²) >= 11 is 0. The van der Waals surface area contributed by atoms with Crippen LogP contribution in [0.3, 0.4) is 0 Å². The number of rotatable bonds is 10. The highest BCUT2D eigenvalue weighted by molar-refractivity contribution is 5.88. The van der Waals surface area contributed by atoms with Crippen LogP contribution in [0, 0.1) is 0 Å². The Morgan fingerprint density at radius 3 is 2.88 bits per heavy atom. The Balaban J connectivity index is 1.46. The average Bonchev–Trinajstić information content (AvgIpc) is 3.60. The van der Waals surface area contributed by atoms with Crippen molar-refractivity contribution in [2.45, 2.75) is 31.5 Å². The van der Waals surface area contributed by atoms with E-state index in [4.69, 9.17) is 14.7 Å². The van der Waals surface area contributed by atoms with E-state index in [2.05, 4.69) is 20.7 Å². The lowest BCUT2D eigenvalue weighted by Crippen LogP contribution is -2.29. The number of aliphatic hydroxyl groups is 1. The third-order valence-electron chi connectivity index (χ3n) is 5.48. The number of hydrogen-bond donors (Lipinski definition) is 3. The van der Waals surface area contributed by atoms with E-state index in [-0.39, 0.29) is 6.61 Å². The Labute approximate surface area is 191 Å². The second-order valence-corrected chi connectivity index (χ2v) is 8.18. The van der Waals surface area contributed by atoms with Crippen LogP contribution in [0.25, 0.3) is 22.4 Å². The van der Waals surface area contributed by atoms with Gasteiger partial charge in [0, 0.05) is 18.3 Å². The molecule has 0 aliphatic heterocycles. The molecule has 1 saturated carbocycles. The van der Waals surface area contributed by atoms with Gasteiger partial charge in [-0.25, -0.2) is 14.6 Å². The molecule has 9 nitrogen and oxygen atoms in total. The standard InChI is InChI=1S/C24H27N7O2/c1-25-13-19(32)15-33-20-7-4-5-16(11-20)22-29-23(27-12-17-6-2-3-10-26-17)21-14-28-31(18-8-9-18)24(21)30-22/h2-7,10-11,14,18-19,25,32H,8-9,12-13,15H2,1H3,(H,27,29,30). The van der Waals surface area contributed by atoms with E-state index in [9.17, 15) is 5.11 Å². The van der Waals surface area contributed by atoms with Crippen LogP contribution < -0.4 is 15.4 Å². The van der Waals surface area contributed by atoms with Crippen LogP contribution >= 0.6 is 0 Å². The summed E-state index contributed by atoms with van der Waals surface area (Å²) in [5, 5.41) is 21.8. The second-order valence-electron chi connectivity index (χ2n) is 8.18. The smallest absolute Gasteiger partial charge is 0.164 e. The van der Waals surface area contributed by atoms with Gasteiger partial charge in [-0.3, -0.25) is 4.98 Å². The van der Waals surface area contributed by atoms with Gasteiger partial charge in [-0.05, 0) is 44.2 Å². The van der Waals surface area contributed by atoms with E-state index in [0.717, 1.165) is 41.0 Å². The van der Waals surface area contributed by atoms with Crippen molar-refractivity contribution in [3.05, 3.63) is 60.6 Å². The van der Waals surface area contributed by atoms with Gasteiger partial charge in [0.2, 0.25) is 0 Å². The third-order valence-corrected chi connectivity index (χ3v) is 5.48. The summed E-state index contributed by atoms with van der Waals surface area (Å²) < 4.78 is 7.78. The van der Waals surface area contributed by atoms with Crippen molar-refractivity contribution in [2.75, 3.05) is 25.5 Å². The summed E-state index contributed by atoms with van der Waals surface area (Å²) in [5.41, 5.74) is 2.58. The molecule has 0 spiro atoms. The molecule has 0 bridgehead atoms. The molecule has 1 unspecified atom stereocenters. The van der Waals surface area contributed by atoms with Crippen molar-refractivity contribution in [3.8, 4) is 17.1 Å². The zero-order valence-electron chi connectivity index (χ0n) is 18.5. The number of nitrogens with zero attached hydrogens (tertiary/aromatic N) is 5. The number of pyridine rings is 1. The fourth-order valence-corrected chi connectivity index (χ4v) is 3.66. The van der Waals surface area contributed by atoms with Crippen LogP contribution in [0.15, 0.2) is 54.9 Å². The summed E-state index contributed by atoms with van der Waals surface area (Å²) in [6.07, 6.45) is 5.26. The molecule has 0 amide bonds. The second kappa shape index (κ2) is 9.51. The molecule has 1 atom stereocenters. The predicted octanol–water partition coefficient (Wildman–Crippen LogP) is 2.79. The van der Waals surface area contributed by atoms with Crippen molar-refractivity contribution in [3.63, 3.8) is 0 Å². The van der Waals surface area contributed by atoms with Crippen molar-refractivity contribution >= 4 is 16.9 Å². The first kappa shape index (κ1) is 21.3. The highest BCUT2D eigenvalue weighted by Gasteiger charge is 2.27. The minimum Gasteiger partial charge on any atom is -0.491 e. The first-order valence-corrected chi connectivity index (χ1v) is 11.2. The molecule has 33 heavy (non-hydrogen) atoms. The number of hydrogen-bond acceptors (Lipinski definition) is 8. The molecule has 0 saturated heterocycles. The maximum atomic E-state index is 9.93. The zero-order chi connectivity index (χ0) is 22.6. The SMILES string of the molecule is CNCC(O)COc1cccc(-c2nc(NCc3ccccn3)c3cnn(C4CC4)c3n2)c1. The molecule has 9 heteroatoms. The maximum Gasteiger partial charge on any atom is 0.164 e. The van der Waals surface area contributed by atoms with E-state index >= 15 is 0 Å². The lowest BCUT2D eigenvalue weighted by molar-refractivity contribution is 0.108. The van der Waals surface area contributed by atoms with Crippen LogP contribution in [0.2, 0.25) is 0 Å². The highest BCUT2D eigenvalue weighted by atomic mass is 16.5. The van der Waals surface area contributed by atoms with Crippen molar-refractivity contribution in [1.82, 2.24) is 30.0 Å². The molecule has 170 valence electrons. The molecule has 3 N–H and O–H groups in total. The largest absolute Gasteiger partial charge is 0.491 e. The predicted molar refractivity (Wildman–Crippen MR) is 126 cm³/mol. The summed E-state index contributed by atoms with van der Waals surface area (Å²) in [4.78, 5) is 14.1. The highest BCUT2D eigenvalue weighted by Crippen LogP contribution is 2.37. The number of fused-ring (bicyclic) bond motifs is 1. The summed E-state index contributed by atoms with van der Waals surface area (Å²) in [7, 11) is 1.79. The quantitative estimate of drug-likeness (QED) is 0.342. The molecule has 3 aromatic heterocycles. The molecule has 4 aromatic rings. The molecule has 1 fully saturated rings. The fraction of sp³-hybridized carbons (Fsp3) is 0.333. The number of aromatic nitrogens is 5. The van der Waals surface area contributed by atoms with Gasteiger partial charge in [0.05, 0.1) is 29.9 Å². The molecule has 0 radical (unpaired) electrons. The normalized spacial score (nSPS) is 14.4. The van der Waals surface area contributed by atoms with Crippen molar-refractivity contribution in [1.29, 1.82) is 0 Å². The lowest BCUT2D eigenvalue weighted by Gasteiger charge is -2.13. The molecule has 1 aliphatic rings. The van der Waals surface area contributed by atoms with Gasteiger partial charge in [-0.2, -0.15) is 5.10 Å². The van der Waals surface area contributed by atoms with Crippen molar-refractivity contribution in [2.24, 2.45) is 0 Å². The van der Waals surface area contributed by atoms with Gasteiger partial charge in [-0.15, -0.1) is 0 Å². The molecule has 1 aliphatic carbocycles. The van der Waals surface area contributed by atoms with Crippen LogP contribution in [0.5, 0.6) is 5.75 Å². The Morgan fingerprint density at radius 1 is 1.18 bits per heavy atom. The summed E-state index contributed by atoms with van der Waals surface area (Å²) in [5.74, 6) is 1.98. The fourth-order valence-electron chi connectivity index (χ4n) is 3.66. The molecule has 1 aromatic carbocycles. The van der Waals surface area contributed by atoms with E-state index in [1.807, 2.05) is 53.3 Å². The van der Waals surface area contributed by atoms with Gasteiger partial charge in [-0.1, -0.05) is 18.2 Å². The number of aliphatic hydroxyl groups excluding tert-OH is 1. The van der Waals surface area contributed by atoms with Gasteiger partial charge >= 0.3 is 0 Å². The zero-order valence-corrected chi connectivity index (χ0v) is 18.5. The molecule has 5 rings (SSSR count). The molecular weight excluding hydrogens is 418 g/mol. The lowest BCUT2D eigenvalue weighted by atomic mass is 10.2. The monoisotopic (exact) mass is 445 g/mol. The number of likely N-dealkylation sites (N-methyl/N-ethyl adjacent to an activating group) is 1. The minimum atomic E-state index is -0.582. The molecule has 3 heterocycles. The van der Waals surface area contributed by atoms with Gasteiger partial charge in [0.1, 0.15) is 24.3 Å². The minimum absolute atomic E-state index is 0.204. The van der Waals surface area contributed by atoms with Crippen LogP contribution in [0.1, 0.15) is 24.6 Å². The number of ether oxygens (including phenoxy) is 1. The van der Waals surface area contributed by atoms with Crippen molar-refractivity contribution < 1.29 is 9.84 Å². The first-order chi connectivity index (χ1) is 16.2. The Morgan fingerprint density at radius 2 is 2.09 bits per heavy atom. The number of nitrogens with one attached hydrogen (secondary N) is 2. The number of benzene rings is 1. The van der Waals surface area contributed by atoms with E-state index in [1.165, 1.54) is 0 Å². The third kappa shape index (κ3) is 4.94. The van der Waals surface area contributed by atoms with Crippen LogP contribution in [-0.4, -0.2) is 56.1 Å². The Bertz CT molecular complexity index is 1220. The topological polar surface area (TPSA) is 110 Å². The Kier molecular flexibility index (Phi) is 6.14. The molecular formula is C24H27N7O2. The van der Waals surface area contributed by atoms with Crippen LogP contribution in [0.4, 0.5) is 5.82 Å². The van der Waals surface area contributed by atoms with E-state index in [1.54, 1.807) is 13.2 Å². The summed E-state index contributed by atoms with van der Waals surface area (Å²) in [6, 6.07) is 13.9. The van der Waals surface area contributed by atoms with E-state index in [0.29, 0.717) is 30.7 Å². The average molecular weight is 446 g/mol. The first-order valence-electron chi connectivity index (χ1n) is 11.2. The number of anilines is 1. The van der Waals surface area contributed by atoms with Gasteiger partial charge in [0.15, 0.2) is 11.5 Å². The maximum absolute atomic E-state index is 9.93. The van der Waals surface area contributed by atoms with Gasteiger partial charge in [0.25, 0.3) is 0 Å². The van der Waals surface area contributed by atoms with Gasteiger partial charge < -0.3 is 20.5 Å². The van der Waals surface area contributed by atoms with E-state index < -0.39 is 6.10 Å². The Hall–Kier alpha value is -3.56.